The molecule has 82 valence electrons. The smallest absolute Gasteiger partial charge is 0.0416 e. The Morgan fingerprint density at radius 2 is 1.75 bits per heavy atom. The van der Waals surface area contributed by atoms with Crippen LogP contribution in [0, 0.1) is 0 Å². The Kier molecular flexibility index (Phi) is 4.08. The zero-order valence-corrected chi connectivity index (χ0v) is 9.26. The van der Waals surface area contributed by atoms with Gasteiger partial charge in [-0.1, -0.05) is 36.4 Å². The third-order valence-corrected chi connectivity index (χ3v) is 2.46. The maximum absolute atomic E-state index is 4.28. The van der Waals surface area contributed by atoms with Crippen LogP contribution in [0.4, 0.5) is 0 Å². The van der Waals surface area contributed by atoms with Crippen molar-refractivity contribution in [2.45, 2.75) is 13.0 Å². The van der Waals surface area contributed by atoms with Gasteiger partial charge >= 0.3 is 0 Å². The van der Waals surface area contributed by atoms with Crippen LogP contribution in [0.1, 0.15) is 11.3 Å². The summed E-state index contributed by atoms with van der Waals surface area (Å²) in [6, 6.07) is 16.5. The van der Waals surface area contributed by atoms with Gasteiger partial charge in [0.15, 0.2) is 0 Å². The molecule has 0 unspecified atom stereocenters. The van der Waals surface area contributed by atoms with E-state index in [1.807, 2.05) is 24.4 Å². The van der Waals surface area contributed by atoms with Crippen molar-refractivity contribution in [2.24, 2.45) is 0 Å². The summed E-state index contributed by atoms with van der Waals surface area (Å²) in [5.41, 5.74) is 2.46. The fraction of sp³-hybridized carbons (Fsp3) is 0.214. The van der Waals surface area contributed by atoms with Gasteiger partial charge in [0.05, 0.1) is 0 Å². The van der Waals surface area contributed by atoms with E-state index >= 15 is 0 Å². The molecule has 16 heavy (non-hydrogen) atoms. The minimum atomic E-state index is 0.924. The largest absolute Gasteiger partial charge is 0.312 e. The molecule has 1 aromatic carbocycles. The third-order valence-electron chi connectivity index (χ3n) is 2.46. The summed E-state index contributed by atoms with van der Waals surface area (Å²) in [6.45, 7) is 1.89. The Morgan fingerprint density at radius 1 is 0.938 bits per heavy atom. The number of aromatic nitrogens is 1. The SMILES string of the molecule is c1ccc(CNCCc2ccccn2)cc1. The van der Waals surface area contributed by atoms with Gasteiger partial charge in [-0.2, -0.15) is 0 Å². The summed E-state index contributed by atoms with van der Waals surface area (Å²) in [5, 5.41) is 3.41. The number of benzene rings is 1. The van der Waals surface area contributed by atoms with E-state index in [4.69, 9.17) is 0 Å². The van der Waals surface area contributed by atoms with Gasteiger partial charge in [0.25, 0.3) is 0 Å². The van der Waals surface area contributed by atoms with E-state index in [0.29, 0.717) is 0 Å². The predicted molar refractivity (Wildman–Crippen MR) is 66.1 cm³/mol. The molecule has 2 nitrogen and oxygen atoms in total. The van der Waals surface area contributed by atoms with Crippen molar-refractivity contribution < 1.29 is 0 Å². The summed E-state index contributed by atoms with van der Waals surface area (Å²) < 4.78 is 0. The second-order valence-corrected chi connectivity index (χ2v) is 3.73. The molecule has 0 amide bonds. The molecule has 0 bridgehead atoms. The van der Waals surface area contributed by atoms with Crippen LogP contribution in [0.25, 0.3) is 0 Å². The van der Waals surface area contributed by atoms with Gasteiger partial charge in [-0.3, -0.25) is 4.98 Å². The Morgan fingerprint density at radius 3 is 2.50 bits per heavy atom. The Hall–Kier alpha value is -1.67. The molecule has 1 N–H and O–H groups in total. The average Bonchev–Trinajstić information content (AvgIpc) is 2.37. The number of nitrogens with zero attached hydrogens (tertiary/aromatic N) is 1. The zero-order valence-electron chi connectivity index (χ0n) is 9.26. The van der Waals surface area contributed by atoms with Gasteiger partial charge in [0.1, 0.15) is 0 Å². The molecule has 1 aromatic heterocycles. The number of nitrogens with one attached hydrogen (secondary N) is 1. The van der Waals surface area contributed by atoms with Gasteiger partial charge in [0, 0.05) is 31.4 Å². The van der Waals surface area contributed by atoms with E-state index in [2.05, 4.69) is 40.6 Å². The van der Waals surface area contributed by atoms with Crippen molar-refractivity contribution in [3.05, 3.63) is 66.0 Å². The monoisotopic (exact) mass is 212 g/mol. The molecular weight excluding hydrogens is 196 g/mol. The van der Waals surface area contributed by atoms with E-state index in [1.165, 1.54) is 5.56 Å². The Labute approximate surface area is 96.4 Å². The summed E-state index contributed by atoms with van der Waals surface area (Å²) in [6.07, 6.45) is 2.82. The molecular formula is C14H16N2. The lowest BCUT2D eigenvalue weighted by atomic mass is 10.2. The molecule has 0 aliphatic carbocycles. The van der Waals surface area contributed by atoms with Crippen molar-refractivity contribution >= 4 is 0 Å². The molecule has 0 radical (unpaired) electrons. The van der Waals surface area contributed by atoms with Crippen LogP contribution < -0.4 is 5.32 Å². The van der Waals surface area contributed by atoms with Gasteiger partial charge in [-0.25, -0.2) is 0 Å². The van der Waals surface area contributed by atoms with Crippen LogP contribution in [0.15, 0.2) is 54.7 Å². The molecule has 2 heteroatoms. The van der Waals surface area contributed by atoms with E-state index in [1.54, 1.807) is 0 Å². The van der Waals surface area contributed by atoms with Crippen LogP contribution in [0.2, 0.25) is 0 Å². The first-order chi connectivity index (χ1) is 7.95. The predicted octanol–water partition coefficient (Wildman–Crippen LogP) is 2.41. The molecule has 0 fully saturated rings. The first-order valence-corrected chi connectivity index (χ1v) is 5.60. The van der Waals surface area contributed by atoms with E-state index in [9.17, 15) is 0 Å². The van der Waals surface area contributed by atoms with Crippen molar-refractivity contribution in [3.8, 4) is 0 Å². The number of hydrogen-bond acceptors (Lipinski definition) is 2. The molecule has 2 rings (SSSR count). The first kappa shape index (κ1) is 10.8. The van der Waals surface area contributed by atoms with Crippen LogP contribution in [0.3, 0.4) is 0 Å². The highest BCUT2D eigenvalue weighted by Crippen LogP contribution is 1.98. The Bertz CT molecular complexity index is 356. The standard InChI is InChI=1S/C14H16N2/c1-2-6-13(7-3-1)12-15-11-9-14-8-4-5-10-16-14/h1-8,10,15H,9,11-12H2. The van der Waals surface area contributed by atoms with Crippen molar-refractivity contribution in [1.29, 1.82) is 0 Å². The van der Waals surface area contributed by atoms with Crippen LogP contribution in [0.5, 0.6) is 0 Å². The topological polar surface area (TPSA) is 24.9 Å². The molecule has 0 spiro atoms. The molecule has 0 saturated carbocycles. The number of hydrogen-bond donors (Lipinski definition) is 1. The molecule has 0 aliphatic rings. The van der Waals surface area contributed by atoms with Crippen LogP contribution >= 0.6 is 0 Å². The highest BCUT2D eigenvalue weighted by molar-refractivity contribution is 5.14. The van der Waals surface area contributed by atoms with E-state index in [-0.39, 0.29) is 0 Å². The Balaban J connectivity index is 1.70. The van der Waals surface area contributed by atoms with Crippen LogP contribution in [-0.4, -0.2) is 11.5 Å². The molecule has 0 atom stereocenters. The van der Waals surface area contributed by atoms with Crippen molar-refractivity contribution in [3.63, 3.8) is 0 Å². The maximum atomic E-state index is 4.28. The third kappa shape index (κ3) is 3.48. The normalized spacial score (nSPS) is 10.2. The second kappa shape index (κ2) is 6.03. The van der Waals surface area contributed by atoms with Crippen molar-refractivity contribution in [1.82, 2.24) is 10.3 Å². The van der Waals surface area contributed by atoms with E-state index in [0.717, 1.165) is 25.2 Å². The second-order valence-electron chi connectivity index (χ2n) is 3.73. The minimum absolute atomic E-state index is 0.924. The zero-order chi connectivity index (χ0) is 11.1. The van der Waals surface area contributed by atoms with Gasteiger partial charge in [-0.05, 0) is 17.7 Å². The molecule has 0 aliphatic heterocycles. The summed E-state index contributed by atoms with van der Waals surface area (Å²) in [4.78, 5) is 4.28. The van der Waals surface area contributed by atoms with Gasteiger partial charge in [0.2, 0.25) is 0 Å². The summed E-state index contributed by atoms with van der Waals surface area (Å²) in [7, 11) is 0. The number of rotatable bonds is 5. The fourth-order valence-corrected chi connectivity index (χ4v) is 1.59. The first-order valence-electron chi connectivity index (χ1n) is 5.60. The molecule has 0 saturated heterocycles. The number of pyridine rings is 1. The lowest BCUT2D eigenvalue weighted by molar-refractivity contribution is 0.680. The molecule has 1 heterocycles. The average molecular weight is 212 g/mol. The minimum Gasteiger partial charge on any atom is -0.312 e. The lowest BCUT2D eigenvalue weighted by Crippen LogP contribution is -2.16. The van der Waals surface area contributed by atoms with Gasteiger partial charge < -0.3 is 5.32 Å². The van der Waals surface area contributed by atoms with Gasteiger partial charge in [-0.15, -0.1) is 0 Å². The fourth-order valence-electron chi connectivity index (χ4n) is 1.59. The molecule has 2 aromatic rings. The summed E-state index contributed by atoms with van der Waals surface area (Å²) in [5.74, 6) is 0. The summed E-state index contributed by atoms with van der Waals surface area (Å²) >= 11 is 0. The van der Waals surface area contributed by atoms with Crippen LogP contribution in [-0.2, 0) is 13.0 Å². The van der Waals surface area contributed by atoms with E-state index < -0.39 is 0 Å². The van der Waals surface area contributed by atoms with Crippen molar-refractivity contribution in [2.75, 3.05) is 6.54 Å². The lowest BCUT2D eigenvalue weighted by Gasteiger charge is -2.04. The maximum Gasteiger partial charge on any atom is 0.0416 e. The highest BCUT2D eigenvalue weighted by Gasteiger charge is 1.93. The highest BCUT2D eigenvalue weighted by atomic mass is 14.8. The quantitative estimate of drug-likeness (QED) is 0.770.